The van der Waals surface area contributed by atoms with Gasteiger partial charge in [-0.2, -0.15) is 0 Å². The molecule has 0 bridgehead atoms. The van der Waals surface area contributed by atoms with Gasteiger partial charge in [-0.1, -0.05) is 0 Å². The van der Waals surface area contributed by atoms with E-state index in [1.54, 1.807) is 46.4 Å². The van der Waals surface area contributed by atoms with E-state index in [4.69, 9.17) is 14.2 Å². The van der Waals surface area contributed by atoms with Gasteiger partial charge in [-0.15, -0.1) is 0 Å². The highest BCUT2D eigenvalue weighted by Gasteiger charge is 2.43. The first-order valence-corrected chi connectivity index (χ1v) is 9.72. The normalized spacial score (nSPS) is 19.0. The summed E-state index contributed by atoms with van der Waals surface area (Å²) in [5, 5.41) is 0. The van der Waals surface area contributed by atoms with Crippen LogP contribution < -0.4 is 0 Å². The smallest absolute Gasteiger partial charge is 0.412 e. The first-order valence-electron chi connectivity index (χ1n) is 9.72. The Morgan fingerprint density at radius 3 is 1.64 bits per heavy atom. The number of hydrogen-bond acceptors (Lipinski definition) is 6. The van der Waals surface area contributed by atoms with Gasteiger partial charge in [0.15, 0.2) is 0 Å². The molecule has 0 aromatic carbocycles. The van der Waals surface area contributed by atoms with Crippen molar-refractivity contribution in [1.82, 2.24) is 14.7 Å². The Hall–Kier alpha value is -2.03. The average molecular weight is 399 g/mol. The molecular weight excluding hydrogens is 366 g/mol. The molecule has 2 fully saturated rings. The third kappa shape index (κ3) is 6.25. The Morgan fingerprint density at radius 1 is 0.821 bits per heavy atom. The topological polar surface area (TPSA) is 88.6 Å². The minimum absolute atomic E-state index is 0.00150. The van der Waals surface area contributed by atoms with Gasteiger partial charge in [0.1, 0.15) is 17.4 Å². The third-order valence-corrected chi connectivity index (χ3v) is 4.28. The van der Waals surface area contributed by atoms with E-state index in [1.165, 1.54) is 9.80 Å². The second-order valence-electron chi connectivity index (χ2n) is 9.03. The highest BCUT2D eigenvalue weighted by Crippen LogP contribution is 2.24. The molecule has 9 nitrogen and oxygen atoms in total. The summed E-state index contributed by atoms with van der Waals surface area (Å²) in [4.78, 5) is 42.7. The Kier molecular flexibility index (Phi) is 6.80. The monoisotopic (exact) mass is 399 g/mol. The molecule has 0 radical (unpaired) electrons. The van der Waals surface area contributed by atoms with Crippen molar-refractivity contribution in [2.24, 2.45) is 0 Å². The lowest BCUT2D eigenvalue weighted by Gasteiger charge is -2.34. The quantitative estimate of drug-likeness (QED) is 0.706. The van der Waals surface area contributed by atoms with Crippen LogP contribution in [0.3, 0.4) is 0 Å². The van der Waals surface area contributed by atoms with E-state index in [1.807, 2.05) is 0 Å². The molecule has 160 valence electrons. The van der Waals surface area contributed by atoms with Crippen LogP contribution in [-0.4, -0.2) is 89.6 Å². The van der Waals surface area contributed by atoms with Crippen LogP contribution in [0.25, 0.3) is 0 Å². The van der Waals surface area contributed by atoms with Gasteiger partial charge in [0.25, 0.3) is 0 Å². The molecule has 0 unspecified atom stereocenters. The maximum atomic E-state index is 12.8. The van der Waals surface area contributed by atoms with Crippen molar-refractivity contribution < 1.29 is 28.6 Å². The van der Waals surface area contributed by atoms with Gasteiger partial charge >= 0.3 is 12.2 Å². The maximum absolute atomic E-state index is 12.8. The number of carbonyl (C=O) groups excluding carboxylic acids is 3. The fourth-order valence-corrected chi connectivity index (χ4v) is 3.07. The Bertz CT molecular complexity index is 553. The molecule has 2 saturated heterocycles. The van der Waals surface area contributed by atoms with Crippen molar-refractivity contribution in [2.75, 3.05) is 39.4 Å². The molecule has 0 saturated carbocycles. The molecular formula is C19H33N3O6. The number of carbonyl (C=O) groups is 3. The second kappa shape index (κ2) is 8.55. The Balaban J connectivity index is 2.16. The first-order chi connectivity index (χ1) is 12.9. The zero-order valence-electron chi connectivity index (χ0n) is 17.8. The molecule has 0 aliphatic carbocycles. The van der Waals surface area contributed by atoms with E-state index in [0.29, 0.717) is 26.3 Å². The van der Waals surface area contributed by atoms with Crippen LogP contribution in [-0.2, 0) is 19.0 Å². The summed E-state index contributed by atoms with van der Waals surface area (Å²) in [6.07, 6.45) is -1.82. The van der Waals surface area contributed by atoms with Crippen molar-refractivity contribution in [3.05, 3.63) is 0 Å². The molecule has 0 atom stereocenters. The van der Waals surface area contributed by atoms with Gasteiger partial charge in [0.05, 0.1) is 19.6 Å². The number of hydrogen-bond donors (Lipinski definition) is 0. The van der Waals surface area contributed by atoms with Crippen molar-refractivity contribution in [2.45, 2.75) is 65.3 Å². The van der Waals surface area contributed by atoms with Gasteiger partial charge in [-0.25, -0.2) is 9.59 Å². The predicted molar refractivity (Wildman–Crippen MR) is 102 cm³/mol. The summed E-state index contributed by atoms with van der Waals surface area (Å²) >= 11 is 0. The van der Waals surface area contributed by atoms with Gasteiger partial charge < -0.3 is 19.1 Å². The van der Waals surface area contributed by atoms with Gasteiger partial charge in [0, 0.05) is 26.2 Å². The Morgan fingerprint density at radius 2 is 1.25 bits per heavy atom. The van der Waals surface area contributed by atoms with E-state index < -0.39 is 29.6 Å². The fourth-order valence-electron chi connectivity index (χ4n) is 3.07. The number of amides is 3. The van der Waals surface area contributed by atoms with Crippen molar-refractivity contribution >= 4 is 18.1 Å². The van der Waals surface area contributed by atoms with E-state index in [0.717, 1.165) is 0 Å². The summed E-state index contributed by atoms with van der Waals surface area (Å²) in [6, 6.07) is 0. The number of morpholine rings is 1. The molecule has 3 amide bonds. The molecule has 0 spiro atoms. The first kappa shape index (κ1) is 22.3. The summed E-state index contributed by atoms with van der Waals surface area (Å²) in [7, 11) is 0. The average Bonchev–Trinajstić information content (AvgIpc) is 2.96. The number of nitrogens with zero attached hydrogens (tertiary/aromatic N) is 3. The summed E-state index contributed by atoms with van der Waals surface area (Å²) in [5.74, 6) is -0.127. The molecule has 0 N–H and O–H groups in total. The highest BCUT2D eigenvalue weighted by molar-refractivity contribution is 5.80. The molecule has 9 heteroatoms. The molecule has 0 aromatic heterocycles. The van der Waals surface area contributed by atoms with E-state index >= 15 is 0 Å². The van der Waals surface area contributed by atoms with Crippen LogP contribution in [0.4, 0.5) is 9.59 Å². The van der Waals surface area contributed by atoms with Crippen LogP contribution >= 0.6 is 0 Å². The molecule has 2 rings (SSSR count). The zero-order chi connectivity index (χ0) is 21.1. The molecule has 2 heterocycles. The van der Waals surface area contributed by atoms with Crippen molar-refractivity contribution in [3.63, 3.8) is 0 Å². The zero-order valence-corrected chi connectivity index (χ0v) is 17.8. The van der Waals surface area contributed by atoms with Crippen LogP contribution in [0.5, 0.6) is 0 Å². The number of ether oxygens (including phenoxy) is 3. The van der Waals surface area contributed by atoms with Crippen molar-refractivity contribution in [3.8, 4) is 0 Å². The van der Waals surface area contributed by atoms with E-state index in [9.17, 15) is 14.4 Å². The van der Waals surface area contributed by atoms with Crippen LogP contribution in [0.1, 0.15) is 48.0 Å². The minimum atomic E-state index is -0.736. The molecule has 2 aliphatic rings. The fraction of sp³-hybridized carbons (Fsp3) is 0.842. The van der Waals surface area contributed by atoms with Crippen LogP contribution in [0, 0.1) is 0 Å². The van der Waals surface area contributed by atoms with Crippen molar-refractivity contribution in [1.29, 1.82) is 0 Å². The molecule has 0 aromatic rings. The van der Waals surface area contributed by atoms with Crippen LogP contribution in [0.2, 0.25) is 0 Å². The Labute approximate surface area is 166 Å². The van der Waals surface area contributed by atoms with Gasteiger partial charge in [-0.05, 0) is 41.5 Å². The summed E-state index contributed by atoms with van der Waals surface area (Å²) in [6.45, 7) is 13.2. The lowest BCUT2D eigenvalue weighted by molar-refractivity contribution is -0.137. The predicted octanol–water partition coefficient (Wildman–Crippen LogP) is 2.05. The molecule has 28 heavy (non-hydrogen) atoms. The summed E-state index contributed by atoms with van der Waals surface area (Å²) < 4.78 is 16.2. The second-order valence-corrected chi connectivity index (χ2v) is 9.03. The SMILES string of the molecule is CC(C)(C)OC(=O)N1CCN(C(=O)OC(C)(C)C)C1CC(=O)N1CCOCC1. The lowest BCUT2D eigenvalue weighted by atomic mass is 10.2. The lowest BCUT2D eigenvalue weighted by Crippen LogP contribution is -2.51. The minimum Gasteiger partial charge on any atom is -0.444 e. The maximum Gasteiger partial charge on any atom is 0.412 e. The van der Waals surface area contributed by atoms with Crippen LogP contribution in [0.15, 0.2) is 0 Å². The number of rotatable bonds is 2. The summed E-state index contributed by atoms with van der Waals surface area (Å²) in [5.41, 5.74) is -1.34. The van der Waals surface area contributed by atoms with E-state index in [2.05, 4.69) is 0 Å². The van der Waals surface area contributed by atoms with Gasteiger partial charge in [-0.3, -0.25) is 14.6 Å². The van der Waals surface area contributed by atoms with Gasteiger partial charge in [0.2, 0.25) is 5.91 Å². The molecule has 2 aliphatic heterocycles. The third-order valence-electron chi connectivity index (χ3n) is 4.28. The standard InChI is InChI=1S/C19H33N3O6/c1-18(2,3)27-16(24)21-7-8-22(17(25)28-19(4,5)6)14(21)13-15(23)20-9-11-26-12-10-20/h14H,7-13H2,1-6H3. The highest BCUT2D eigenvalue weighted by atomic mass is 16.6. The largest absolute Gasteiger partial charge is 0.444 e. The van der Waals surface area contributed by atoms with E-state index in [-0.39, 0.29) is 25.4 Å².